The number of rotatable bonds is 5. The molecule has 3 nitrogen and oxygen atoms in total. The van der Waals surface area contributed by atoms with Gasteiger partial charge in [0, 0.05) is 6.04 Å². The number of nitrogens with two attached hydrogens (primary N) is 1. The highest BCUT2D eigenvalue weighted by atomic mass is 19.4. The van der Waals surface area contributed by atoms with Gasteiger partial charge in [-0.1, -0.05) is 19.1 Å². The standard InChI is InChI=1S/C13H17F3N2O/c1-3-11(12(17)19)18-8(2)9-4-6-10(7-5-9)13(14,15)16/h4-8,11,18H,3H2,1-2H3,(H2,17,19)/t8-,11-/m0/s1. The van der Waals surface area contributed by atoms with E-state index in [9.17, 15) is 18.0 Å². The van der Waals surface area contributed by atoms with E-state index in [2.05, 4.69) is 5.32 Å². The fraction of sp³-hybridized carbons (Fsp3) is 0.462. The van der Waals surface area contributed by atoms with Crippen LogP contribution in [0, 0.1) is 0 Å². The zero-order valence-electron chi connectivity index (χ0n) is 10.8. The lowest BCUT2D eigenvalue weighted by Gasteiger charge is -2.20. The van der Waals surface area contributed by atoms with Crippen LogP contribution in [0.4, 0.5) is 13.2 Å². The maximum absolute atomic E-state index is 12.4. The van der Waals surface area contributed by atoms with Crippen LogP contribution >= 0.6 is 0 Å². The number of carbonyl (C=O) groups excluding carboxylic acids is 1. The predicted octanol–water partition coefficient (Wildman–Crippen LogP) is 2.62. The largest absolute Gasteiger partial charge is 0.416 e. The molecule has 1 aromatic carbocycles. The molecule has 0 radical (unpaired) electrons. The summed E-state index contributed by atoms with van der Waals surface area (Å²) in [6, 6.07) is 4.11. The van der Waals surface area contributed by atoms with E-state index in [1.54, 1.807) is 6.92 Å². The Morgan fingerprint density at radius 2 is 1.84 bits per heavy atom. The van der Waals surface area contributed by atoms with E-state index in [1.165, 1.54) is 12.1 Å². The van der Waals surface area contributed by atoms with Gasteiger partial charge in [0.25, 0.3) is 0 Å². The van der Waals surface area contributed by atoms with Crippen molar-refractivity contribution in [2.75, 3.05) is 0 Å². The van der Waals surface area contributed by atoms with Crippen LogP contribution in [-0.4, -0.2) is 11.9 Å². The normalized spacial score (nSPS) is 15.0. The third-order valence-electron chi connectivity index (χ3n) is 2.94. The molecule has 0 heterocycles. The van der Waals surface area contributed by atoms with Gasteiger partial charge in [-0.2, -0.15) is 13.2 Å². The molecular weight excluding hydrogens is 257 g/mol. The second-order valence-electron chi connectivity index (χ2n) is 4.37. The molecule has 106 valence electrons. The number of alkyl halides is 3. The predicted molar refractivity (Wildman–Crippen MR) is 66.3 cm³/mol. The smallest absolute Gasteiger partial charge is 0.368 e. The molecule has 1 rings (SSSR count). The summed E-state index contributed by atoms with van der Waals surface area (Å²) in [5.41, 5.74) is 5.19. The Bertz CT molecular complexity index is 429. The molecular formula is C13H17F3N2O. The van der Waals surface area contributed by atoms with E-state index in [1.807, 2.05) is 6.92 Å². The molecule has 0 aliphatic carbocycles. The summed E-state index contributed by atoms with van der Waals surface area (Å²) >= 11 is 0. The van der Waals surface area contributed by atoms with Crippen LogP contribution in [0.15, 0.2) is 24.3 Å². The van der Waals surface area contributed by atoms with E-state index >= 15 is 0 Å². The molecule has 0 aliphatic heterocycles. The van der Waals surface area contributed by atoms with Crippen LogP contribution in [0.1, 0.15) is 37.4 Å². The first-order valence-electron chi connectivity index (χ1n) is 5.98. The van der Waals surface area contributed by atoms with Crippen molar-refractivity contribution in [3.05, 3.63) is 35.4 Å². The molecule has 0 saturated carbocycles. The molecule has 0 saturated heterocycles. The Hall–Kier alpha value is -1.56. The van der Waals surface area contributed by atoms with Gasteiger partial charge >= 0.3 is 6.18 Å². The second-order valence-corrected chi connectivity index (χ2v) is 4.37. The van der Waals surface area contributed by atoms with E-state index in [-0.39, 0.29) is 6.04 Å². The van der Waals surface area contributed by atoms with E-state index in [0.717, 1.165) is 12.1 Å². The minimum absolute atomic E-state index is 0.250. The van der Waals surface area contributed by atoms with Gasteiger partial charge in [-0.05, 0) is 31.0 Å². The van der Waals surface area contributed by atoms with Crippen LogP contribution in [0.25, 0.3) is 0 Å². The Balaban J connectivity index is 2.78. The highest BCUT2D eigenvalue weighted by molar-refractivity contribution is 5.79. The topological polar surface area (TPSA) is 55.1 Å². The lowest BCUT2D eigenvalue weighted by Crippen LogP contribution is -2.41. The van der Waals surface area contributed by atoms with Crippen molar-refractivity contribution in [3.8, 4) is 0 Å². The van der Waals surface area contributed by atoms with Crippen LogP contribution in [0.2, 0.25) is 0 Å². The fourth-order valence-electron chi connectivity index (χ4n) is 1.76. The summed E-state index contributed by atoms with van der Waals surface area (Å²) in [5.74, 6) is -0.471. The van der Waals surface area contributed by atoms with Gasteiger partial charge in [-0.25, -0.2) is 0 Å². The number of hydrogen-bond donors (Lipinski definition) is 2. The fourth-order valence-corrected chi connectivity index (χ4v) is 1.76. The molecule has 19 heavy (non-hydrogen) atoms. The molecule has 0 bridgehead atoms. The van der Waals surface area contributed by atoms with Gasteiger partial charge in [0.05, 0.1) is 11.6 Å². The minimum Gasteiger partial charge on any atom is -0.368 e. The zero-order valence-corrected chi connectivity index (χ0v) is 10.8. The van der Waals surface area contributed by atoms with Crippen molar-refractivity contribution >= 4 is 5.91 Å². The number of hydrogen-bond acceptors (Lipinski definition) is 2. The van der Waals surface area contributed by atoms with Gasteiger partial charge in [-0.15, -0.1) is 0 Å². The van der Waals surface area contributed by atoms with Crippen LogP contribution in [0.3, 0.4) is 0 Å². The second kappa shape index (κ2) is 6.06. The summed E-state index contributed by atoms with van der Waals surface area (Å²) in [7, 11) is 0. The van der Waals surface area contributed by atoms with Crippen LogP contribution in [-0.2, 0) is 11.0 Å². The van der Waals surface area contributed by atoms with Crippen LogP contribution < -0.4 is 11.1 Å². The Kier molecular flexibility index (Phi) is 4.94. The van der Waals surface area contributed by atoms with E-state index < -0.39 is 23.7 Å². The van der Waals surface area contributed by atoms with Gasteiger partial charge < -0.3 is 5.73 Å². The number of primary amides is 1. The molecule has 0 aliphatic rings. The van der Waals surface area contributed by atoms with Crippen molar-refractivity contribution < 1.29 is 18.0 Å². The number of halogens is 3. The molecule has 6 heteroatoms. The molecule has 0 spiro atoms. The lowest BCUT2D eigenvalue weighted by atomic mass is 10.0. The first-order chi connectivity index (χ1) is 8.75. The molecule has 1 amide bonds. The number of carbonyl (C=O) groups is 1. The quantitative estimate of drug-likeness (QED) is 0.867. The zero-order chi connectivity index (χ0) is 14.6. The molecule has 2 atom stereocenters. The molecule has 3 N–H and O–H groups in total. The molecule has 0 aromatic heterocycles. The first kappa shape index (κ1) is 15.5. The molecule has 1 aromatic rings. The van der Waals surface area contributed by atoms with Crippen LogP contribution in [0.5, 0.6) is 0 Å². The number of amides is 1. The maximum atomic E-state index is 12.4. The summed E-state index contributed by atoms with van der Waals surface area (Å²) in [6.07, 6.45) is -3.81. The Morgan fingerprint density at radius 1 is 1.32 bits per heavy atom. The maximum Gasteiger partial charge on any atom is 0.416 e. The summed E-state index contributed by atoms with van der Waals surface area (Å²) in [5, 5.41) is 2.98. The van der Waals surface area contributed by atoms with Gasteiger partial charge in [0.2, 0.25) is 5.91 Å². The van der Waals surface area contributed by atoms with Gasteiger partial charge in [-0.3, -0.25) is 10.1 Å². The van der Waals surface area contributed by atoms with Crippen molar-refractivity contribution in [2.24, 2.45) is 5.73 Å². The average molecular weight is 274 g/mol. The van der Waals surface area contributed by atoms with Crippen molar-refractivity contribution in [2.45, 2.75) is 38.5 Å². The summed E-state index contributed by atoms with van der Waals surface area (Å²) in [4.78, 5) is 11.1. The SMILES string of the molecule is CC[C@H](N[C@@H](C)c1ccc(C(F)(F)F)cc1)C(N)=O. The highest BCUT2D eigenvalue weighted by Gasteiger charge is 2.30. The summed E-state index contributed by atoms with van der Waals surface area (Å²) in [6.45, 7) is 3.58. The highest BCUT2D eigenvalue weighted by Crippen LogP contribution is 2.29. The van der Waals surface area contributed by atoms with Gasteiger partial charge in [0.1, 0.15) is 0 Å². The number of benzene rings is 1. The minimum atomic E-state index is -4.34. The van der Waals surface area contributed by atoms with Crippen molar-refractivity contribution in [3.63, 3.8) is 0 Å². The average Bonchev–Trinajstić information content (AvgIpc) is 2.34. The third kappa shape index (κ3) is 4.24. The number of nitrogens with one attached hydrogen (secondary N) is 1. The molecule has 0 fully saturated rings. The third-order valence-corrected chi connectivity index (χ3v) is 2.94. The van der Waals surface area contributed by atoms with Crippen molar-refractivity contribution in [1.29, 1.82) is 0 Å². The monoisotopic (exact) mass is 274 g/mol. The van der Waals surface area contributed by atoms with Gasteiger partial charge in [0.15, 0.2) is 0 Å². The van der Waals surface area contributed by atoms with E-state index in [0.29, 0.717) is 12.0 Å². The molecule has 0 unspecified atom stereocenters. The van der Waals surface area contributed by atoms with Crippen molar-refractivity contribution in [1.82, 2.24) is 5.32 Å². The Labute approximate surface area is 110 Å². The summed E-state index contributed by atoms with van der Waals surface area (Å²) < 4.78 is 37.2. The Morgan fingerprint density at radius 3 is 2.21 bits per heavy atom. The lowest BCUT2D eigenvalue weighted by molar-refractivity contribution is -0.137. The first-order valence-corrected chi connectivity index (χ1v) is 5.98. The van der Waals surface area contributed by atoms with E-state index in [4.69, 9.17) is 5.73 Å².